The van der Waals surface area contributed by atoms with Crippen LogP contribution in [0.5, 0.6) is 0 Å². The van der Waals surface area contributed by atoms with E-state index in [4.69, 9.17) is 9.47 Å². The predicted molar refractivity (Wildman–Crippen MR) is 96.2 cm³/mol. The maximum atomic E-state index is 5.66. The Morgan fingerprint density at radius 3 is 2.74 bits per heavy atom. The summed E-state index contributed by atoms with van der Waals surface area (Å²) in [5.41, 5.74) is 0. The predicted octanol–water partition coefficient (Wildman–Crippen LogP) is 1.47. The maximum Gasteiger partial charge on any atom is 0.191 e. The number of hydrogen-bond acceptors (Lipinski definition) is 4. The highest BCUT2D eigenvalue weighted by Gasteiger charge is 2.14. The fourth-order valence-electron chi connectivity index (χ4n) is 2.67. The van der Waals surface area contributed by atoms with Crippen LogP contribution in [0.2, 0.25) is 0 Å². The van der Waals surface area contributed by atoms with Crippen molar-refractivity contribution in [3.8, 4) is 0 Å². The number of aliphatic imine (C=N–C) groups is 1. The maximum absolute atomic E-state index is 5.66. The summed E-state index contributed by atoms with van der Waals surface area (Å²) >= 11 is 0. The number of guanidine groups is 1. The molecule has 0 aromatic heterocycles. The Morgan fingerprint density at radius 2 is 2.09 bits per heavy atom. The monoisotopic (exact) mass is 328 g/mol. The van der Waals surface area contributed by atoms with Gasteiger partial charge < -0.3 is 25.0 Å². The van der Waals surface area contributed by atoms with Crippen molar-refractivity contribution in [3.63, 3.8) is 0 Å². The first kappa shape index (κ1) is 20.2. The van der Waals surface area contributed by atoms with Crippen molar-refractivity contribution >= 4 is 5.96 Å². The van der Waals surface area contributed by atoms with Gasteiger partial charge in [-0.2, -0.15) is 0 Å². The molecule has 6 heteroatoms. The Morgan fingerprint density at radius 1 is 1.26 bits per heavy atom. The molecule has 1 unspecified atom stereocenters. The zero-order valence-electron chi connectivity index (χ0n) is 15.3. The smallest absolute Gasteiger partial charge is 0.191 e. The molecule has 1 aliphatic heterocycles. The van der Waals surface area contributed by atoms with E-state index in [-0.39, 0.29) is 0 Å². The number of nitrogens with one attached hydrogen (secondary N) is 2. The first-order valence-corrected chi connectivity index (χ1v) is 9.16. The van der Waals surface area contributed by atoms with Crippen LogP contribution in [0.15, 0.2) is 4.99 Å². The Balaban J connectivity index is 1.98. The molecule has 2 N–H and O–H groups in total. The number of hydrogen-bond donors (Lipinski definition) is 2. The quantitative estimate of drug-likeness (QED) is 0.323. The van der Waals surface area contributed by atoms with Gasteiger partial charge >= 0.3 is 0 Å². The minimum Gasteiger partial charge on any atom is -0.379 e. The highest BCUT2D eigenvalue weighted by Crippen LogP contribution is 2.11. The fraction of sp³-hybridized carbons (Fsp3) is 0.941. The van der Waals surface area contributed by atoms with Gasteiger partial charge in [-0.3, -0.25) is 4.99 Å². The molecule has 0 saturated carbocycles. The van der Waals surface area contributed by atoms with Crippen molar-refractivity contribution in [1.29, 1.82) is 0 Å². The molecule has 1 heterocycles. The van der Waals surface area contributed by atoms with Crippen LogP contribution in [0.3, 0.4) is 0 Å². The highest BCUT2D eigenvalue weighted by atomic mass is 16.5. The average Bonchev–Trinajstić information content (AvgIpc) is 3.08. The summed E-state index contributed by atoms with van der Waals surface area (Å²) in [5.74, 6) is 0.872. The van der Waals surface area contributed by atoms with Crippen LogP contribution in [0.25, 0.3) is 0 Å². The van der Waals surface area contributed by atoms with Crippen molar-refractivity contribution < 1.29 is 9.47 Å². The van der Waals surface area contributed by atoms with Gasteiger partial charge in [0.05, 0.1) is 12.7 Å². The Kier molecular flexibility index (Phi) is 11.9. The molecule has 0 bridgehead atoms. The Hall–Kier alpha value is -0.850. The van der Waals surface area contributed by atoms with E-state index in [0.717, 1.165) is 71.3 Å². The minimum absolute atomic E-state index is 0.321. The van der Waals surface area contributed by atoms with Gasteiger partial charge in [-0.05, 0) is 38.8 Å². The van der Waals surface area contributed by atoms with Gasteiger partial charge in [-0.15, -0.1) is 0 Å². The van der Waals surface area contributed by atoms with E-state index in [0.29, 0.717) is 6.10 Å². The third-order valence-electron chi connectivity index (χ3n) is 4.02. The first-order valence-electron chi connectivity index (χ1n) is 9.16. The molecule has 0 aromatic rings. The van der Waals surface area contributed by atoms with Gasteiger partial charge in [0.2, 0.25) is 0 Å². The Labute approximate surface area is 142 Å². The van der Waals surface area contributed by atoms with Gasteiger partial charge in [-0.25, -0.2) is 0 Å². The van der Waals surface area contributed by atoms with Gasteiger partial charge in [0.25, 0.3) is 0 Å². The average molecular weight is 329 g/mol. The van der Waals surface area contributed by atoms with Gasteiger partial charge in [-0.1, -0.05) is 13.8 Å². The molecule has 1 atom stereocenters. The van der Waals surface area contributed by atoms with E-state index in [1.807, 2.05) is 7.05 Å². The summed E-state index contributed by atoms with van der Waals surface area (Å²) in [6, 6.07) is 0. The number of likely N-dealkylation sites (N-methyl/N-ethyl adjacent to an activating group) is 1. The topological polar surface area (TPSA) is 58.1 Å². The second kappa shape index (κ2) is 13.6. The molecule has 23 heavy (non-hydrogen) atoms. The van der Waals surface area contributed by atoms with Crippen LogP contribution in [0.4, 0.5) is 0 Å². The second-order valence-electron chi connectivity index (χ2n) is 5.92. The van der Waals surface area contributed by atoms with Gasteiger partial charge in [0, 0.05) is 39.9 Å². The van der Waals surface area contributed by atoms with Crippen LogP contribution >= 0.6 is 0 Å². The first-order chi connectivity index (χ1) is 11.3. The normalized spacial score (nSPS) is 18.6. The molecule has 1 aliphatic rings. The van der Waals surface area contributed by atoms with Crippen molar-refractivity contribution in [2.24, 2.45) is 4.99 Å². The third kappa shape index (κ3) is 9.79. The Bertz CT molecular complexity index is 307. The van der Waals surface area contributed by atoms with Crippen LogP contribution in [-0.4, -0.2) is 76.6 Å². The van der Waals surface area contributed by atoms with Crippen molar-refractivity contribution in [1.82, 2.24) is 15.5 Å². The van der Waals surface area contributed by atoms with E-state index in [9.17, 15) is 0 Å². The molecule has 1 saturated heterocycles. The van der Waals surface area contributed by atoms with Gasteiger partial charge in [0.1, 0.15) is 0 Å². The van der Waals surface area contributed by atoms with E-state index in [1.54, 1.807) is 0 Å². The molecule has 1 fully saturated rings. The van der Waals surface area contributed by atoms with Crippen molar-refractivity contribution in [2.45, 2.75) is 45.6 Å². The zero-order chi connectivity index (χ0) is 16.8. The lowest BCUT2D eigenvalue weighted by molar-refractivity contribution is 0.0168. The summed E-state index contributed by atoms with van der Waals surface area (Å²) in [5, 5.41) is 6.70. The van der Waals surface area contributed by atoms with Crippen LogP contribution in [-0.2, 0) is 9.47 Å². The number of rotatable bonds is 12. The third-order valence-corrected chi connectivity index (χ3v) is 4.02. The lowest BCUT2D eigenvalue weighted by Gasteiger charge is -2.20. The molecule has 0 aromatic carbocycles. The molecule has 0 amide bonds. The van der Waals surface area contributed by atoms with E-state index < -0.39 is 0 Å². The van der Waals surface area contributed by atoms with E-state index in [1.165, 1.54) is 12.8 Å². The molecule has 136 valence electrons. The summed E-state index contributed by atoms with van der Waals surface area (Å²) < 4.78 is 11.2. The van der Waals surface area contributed by atoms with E-state index in [2.05, 4.69) is 34.4 Å². The molecular weight excluding hydrogens is 292 g/mol. The lowest BCUT2D eigenvalue weighted by Crippen LogP contribution is -2.42. The summed E-state index contributed by atoms with van der Waals surface area (Å²) in [7, 11) is 1.81. The molecule has 0 radical (unpaired) electrons. The van der Waals surface area contributed by atoms with E-state index >= 15 is 0 Å². The molecular formula is C17H36N4O2. The minimum atomic E-state index is 0.321. The largest absolute Gasteiger partial charge is 0.379 e. The summed E-state index contributed by atoms with van der Waals surface area (Å²) in [4.78, 5) is 6.70. The molecule has 1 rings (SSSR count). The fourth-order valence-corrected chi connectivity index (χ4v) is 2.67. The van der Waals surface area contributed by atoms with Crippen LogP contribution in [0.1, 0.15) is 39.5 Å². The van der Waals surface area contributed by atoms with Crippen LogP contribution in [0, 0.1) is 0 Å². The highest BCUT2D eigenvalue weighted by molar-refractivity contribution is 5.79. The number of nitrogens with zero attached hydrogens (tertiary/aromatic N) is 2. The zero-order valence-corrected chi connectivity index (χ0v) is 15.3. The summed E-state index contributed by atoms with van der Waals surface area (Å²) in [6.45, 7) is 11.9. The molecule has 6 nitrogen and oxygen atoms in total. The summed E-state index contributed by atoms with van der Waals surface area (Å²) in [6.07, 6.45) is 4.81. The molecule has 0 spiro atoms. The van der Waals surface area contributed by atoms with Crippen LogP contribution < -0.4 is 10.6 Å². The van der Waals surface area contributed by atoms with Gasteiger partial charge in [0.15, 0.2) is 5.96 Å². The SMILES string of the molecule is CCCN(CC)CCNC(=NC)NCCCOCC1CCCO1. The number of ether oxygens (including phenoxy) is 2. The van der Waals surface area contributed by atoms with Crippen molar-refractivity contribution in [3.05, 3.63) is 0 Å². The molecule has 0 aliphatic carbocycles. The lowest BCUT2D eigenvalue weighted by atomic mass is 10.2. The second-order valence-corrected chi connectivity index (χ2v) is 5.92. The standard InChI is InChI=1S/C17H36N4O2/c1-4-11-21(5-2)12-10-20-17(18-3)19-9-7-13-22-15-16-8-6-14-23-16/h16H,4-15H2,1-3H3,(H2,18,19,20). The van der Waals surface area contributed by atoms with Crippen molar-refractivity contribution in [2.75, 3.05) is 59.6 Å².